The first kappa shape index (κ1) is 21.0. The maximum absolute atomic E-state index is 6.01. The van der Waals surface area contributed by atoms with Crippen molar-refractivity contribution in [1.82, 2.24) is 34.5 Å². The standard InChI is InChI=1S/C26H23N7O3/c1-34-18-9-10-20-19(11-18)25-30-29-22(14-35-13-16-5-3-2-4-6-16)32(25)12-21-23(27-15-33(20)21)24-28-26(36-31-24)17-7-8-17/h2-6,9-11,15,17H,7-8,12-14H2,1H3. The molecule has 0 amide bonds. The maximum Gasteiger partial charge on any atom is 0.230 e. The van der Waals surface area contributed by atoms with Crippen LogP contribution in [0.5, 0.6) is 5.75 Å². The van der Waals surface area contributed by atoms with Gasteiger partial charge in [0.05, 0.1) is 31.6 Å². The average Bonchev–Trinajstić information content (AvgIpc) is 3.35. The highest BCUT2D eigenvalue weighted by Gasteiger charge is 2.32. The van der Waals surface area contributed by atoms with Crippen molar-refractivity contribution in [2.75, 3.05) is 7.11 Å². The van der Waals surface area contributed by atoms with Crippen LogP contribution < -0.4 is 4.74 Å². The summed E-state index contributed by atoms with van der Waals surface area (Å²) < 4.78 is 21.2. The predicted molar refractivity (Wildman–Crippen MR) is 128 cm³/mol. The second-order valence-electron chi connectivity index (χ2n) is 9.03. The Morgan fingerprint density at radius 1 is 1.06 bits per heavy atom. The number of imidazole rings is 1. The normalized spacial score (nSPS) is 14.1. The lowest BCUT2D eigenvalue weighted by Gasteiger charge is -2.10. The first-order valence-electron chi connectivity index (χ1n) is 11.9. The highest BCUT2D eigenvalue weighted by atomic mass is 16.5. The van der Waals surface area contributed by atoms with Crippen molar-refractivity contribution in [2.24, 2.45) is 0 Å². The molecule has 0 saturated heterocycles. The van der Waals surface area contributed by atoms with Crippen molar-refractivity contribution in [3.63, 3.8) is 0 Å². The third kappa shape index (κ3) is 3.57. The lowest BCUT2D eigenvalue weighted by molar-refractivity contribution is 0.0994. The van der Waals surface area contributed by atoms with E-state index in [9.17, 15) is 0 Å². The molecule has 2 aliphatic rings. The Morgan fingerprint density at radius 3 is 2.78 bits per heavy atom. The van der Waals surface area contributed by atoms with Gasteiger partial charge in [0.25, 0.3) is 0 Å². The zero-order valence-corrected chi connectivity index (χ0v) is 19.7. The molecule has 0 unspecified atom stereocenters. The molecule has 7 rings (SSSR count). The second-order valence-corrected chi connectivity index (χ2v) is 9.03. The van der Waals surface area contributed by atoms with Gasteiger partial charge in [0.1, 0.15) is 24.4 Å². The van der Waals surface area contributed by atoms with Crippen LogP contribution in [0.15, 0.2) is 59.4 Å². The summed E-state index contributed by atoms with van der Waals surface area (Å²) in [5, 5.41) is 13.3. The van der Waals surface area contributed by atoms with Crippen molar-refractivity contribution < 1.29 is 14.0 Å². The number of nitrogens with zero attached hydrogens (tertiary/aromatic N) is 7. The summed E-state index contributed by atoms with van der Waals surface area (Å²) >= 11 is 0. The van der Waals surface area contributed by atoms with E-state index >= 15 is 0 Å². The molecular weight excluding hydrogens is 458 g/mol. The summed E-state index contributed by atoms with van der Waals surface area (Å²) in [5.41, 5.74) is 4.54. The Balaban J connectivity index is 1.29. The minimum Gasteiger partial charge on any atom is -0.497 e. The van der Waals surface area contributed by atoms with Crippen LogP contribution in [0.1, 0.15) is 41.7 Å². The topological polar surface area (TPSA) is 106 Å². The SMILES string of the molecule is COc1ccc2c(c1)-c1nnc(COCc3ccccc3)n1Cc1c(-c3noc(C4CC4)n3)ncn1-2. The van der Waals surface area contributed by atoms with Crippen LogP contribution in [0, 0.1) is 0 Å². The van der Waals surface area contributed by atoms with E-state index in [0.717, 1.165) is 52.7 Å². The van der Waals surface area contributed by atoms with E-state index in [1.165, 1.54) is 0 Å². The highest BCUT2D eigenvalue weighted by molar-refractivity contribution is 5.72. The smallest absolute Gasteiger partial charge is 0.230 e. The molecule has 5 aromatic rings. The van der Waals surface area contributed by atoms with Gasteiger partial charge in [0.15, 0.2) is 11.6 Å². The van der Waals surface area contributed by atoms with Crippen molar-refractivity contribution in [2.45, 2.75) is 38.5 Å². The van der Waals surface area contributed by atoms with Crippen molar-refractivity contribution >= 4 is 0 Å². The molecule has 0 radical (unpaired) electrons. The van der Waals surface area contributed by atoms with Gasteiger partial charge in [-0.15, -0.1) is 10.2 Å². The summed E-state index contributed by atoms with van der Waals surface area (Å²) in [5.74, 6) is 3.76. The van der Waals surface area contributed by atoms with E-state index < -0.39 is 0 Å². The molecule has 3 aromatic heterocycles. The van der Waals surface area contributed by atoms with Gasteiger partial charge in [0.2, 0.25) is 11.7 Å². The second kappa shape index (κ2) is 8.42. The number of aromatic nitrogens is 7. The van der Waals surface area contributed by atoms with Crippen molar-refractivity contribution in [1.29, 1.82) is 0 Å². The summed E-state index contributed by atoms with van der Waals surface area (Å²) in [4.78, 5) is 9.34. The molecular formula is C26H23N7O3. The summed E-state index contributed by atoms with van der Waals surface area (Å²) in [6.07, 6.45) is 3.98. The van der Waals surface area contributed by atoms with E-state index in [4.69, 9.17) is 19.0 Å². The molecule has 1 fully saturated rings. The molecule has 0 bridgehead atoms. The largest absolute Gasteiger partial charge is 0.497 e. The molecule has 2 aromatic carbocycles. The molecule has 10 heteroatoms. The van der Waals surface area contributed by atoms with Gasteiger partial charge in [-0.05, 0) is 36.6 Å². The Labute approximate surface area is 206 Å². The number of benzene rings is 2. The number of fused-ring (bicyclic) bond motifs is 5. The Bertz CT molecular complexity index is 1550. The van der Waals surface area contributed by atoms with E-state index in [0.29, 0.717) is 43.1 Å². The summed E-state index contributed by atoms with van der Waals surface area (Å²) in [6, 6.07) is 16.0. The van der Waals surface area contributed by atoms with E-state index in [1.807, 2.05) is 48.5 Å². The van der Waals surface area contributed by atoms with Gasteiger partial charge in [-0.3, -0.25) is 4.57 Å². The third-order valence-electron chi connectivity index (χ3n) is 6.63. The quantitative estimate of drug-likeness (QED) is 0.335. The van der Waals surface area contributed by atoms with Crippen LogP contribution in [0.25, 0.3) is 28.6 Å². The predicted octanol–water partition coefficient (Wildman–Crippen LogP) is 4.15. The van der Waals surface area contributed by atoms with Gasteiger partial charge in [-0.25, -0.2) is 4.98 Å². The Morgan fingerprint density at radius 2 is 1.94 bits per heavy atom. The van der Waals surface area contributed by atoms with Crippen molar-refractivity contribution in [3.05, 3.63) is 77.8 Å². The molecule has 180 valence electrons. The van der Waals surface area contributed by atoms with E-state index in [-0.39, 0.29) is 0 Å². The van der Waals surface area contributed by atoms with Crippen LogP contribution in [0.4, 0.5) is 0 Å². The average molecular weight is 482 g/mol. The Kier molecular flexibility index (Phi) is 4.91. The van der Waals surface area contributed by atoms with Crippen LogP contribution in [0.2, 0.25) is 0 Å². The fourth-order valence-corrected chi connectivity index (χ4v) is 4.57. The molecule has 10 nitrogen and oxygen atoms in total. The molecule has 0 N–H and O–H groups in total. The summed E-state index contributed by atoms with van der Waals surface area (Å²) in [7, 11) is 1.65. The zero-order valence-electron chi connectivity index (χ0n) is 19.7. The fourth-order valence-electron chi connectivity index (χ4n) is 4.57. The van der Waals surface area contributed by atoms with Crippen LogP contribution >= 0.6 is 0 Å². The molecule has 4 heterocycles. The van der Waals surface area contributed by atoms with Crippen molar-refractivity contribution in [3.8, 4) is 34.3 Å². The van der Waals surface area contributed by atoms with Gasteiger partial charge in [0, 0.05) is 11.5 Å². The molecule has 36 heavy (non-hydrogen) atoms. The number of hydrogen-bond acceptors (Lipinski definition) is 8. The van der Waals surface area contributed by atoms with Gasteiger partial charge in [-0.2, -0.15) is 4.98 Å². The molecule has 1 saturated carbocycles. The molecule has 0 atom stereocenters. The number of methoxy groups -OCH3 is 1. The van der Waals surface area contributed by atoms with Gasteiger partial charge in [-0.1, -0.05) is 35.5 Å². The Hall–Kier alpha value is -4.31. The number of rotatable bonds is 7. The van der Waals surface area contributed by atoms with Crippen LogP contribution in [-0.4, -0.2) is 41.6 Å². The molecule has 1 aliphatic carbocycles. The molecule has 1 aliphatic heterocycles. The van der Waals surface area contributed by atoms with Crippen LogP contribution in [-0.2, 0) is 24.5 Å². The number of ether oxygens (including phenoxy) is 2. The lowest BCUT2D eigenvalue weighted by Crippen LogP contribution is -2.10. The zero-order chi connectivity index (χ0) is 24.1. The lowest BCUT2D eigenvalue weighted by atomic mass is 10.1. The van der Waals surface area contributed by atoms with E-state index in [2.05, 4.69) is 29.5 Å². The summed E-state index contributed by atoms with van der Waals surface area (Å²) in [6.45, 7) is 1.29. The van der Waals surface area contributed by atoms with Gasteiger partial charge >= 0.3 is 0 Å². The first-order chi connectivity index (χ1) is 17.8. The van der Waals surface area contributed by atoms with Crippen LogP contribution in [0.3, 0.4) is 0 Å². The number of hydrogen-bond donors (Lipinski definition) is 0. The molecule has 0 spiro atoms. The van der Waals surface area contributed by atoms with Gasteiger partial charge < -0.3 is 18.6 Å². The minimum absolute atomic E-state index is 0.318. The monoisotopic (exact) mass is 481 g/mol. The fraction of sp³-hybridized carbons (Fsp3) is 0.269. The first-order valence-corrected chi connectivity index (χ1v) is 11.9. The highest BCUT2D eigenvalue weighted by Crippen LogP contribution is 2.40. The minimum atomic E-state index is 0.318. The third-order valence-corrected chi connectivity index (χ3v) is 6.63. The van der Waals surface area contributed by atoms with E-state index in [1.54, 1.807) is 13.4 Å². The maximum atomic E-state index is 6.01.